The molecule has 0 bridgehead atoms. The monoisotopic (exact) mass is 177 g/mol. The molecule has 70 valence electrons. The number of rotatable bonds is 0. The number of fused-ring (bicyclic) bond motifs is 1. The third-order valence-electron chi connectivity index (χ3n) is 2.74. The van der Waals surface area contributed by atoms with Crippen molar-refractivity contribution >= 4 is 0 Å². The lowest BCUT2D eigenvalue weighted by Crippen LogP contribution is -2.01. The van der Waals surface area contributed by atoms with Crippen molar-refractivity contribution in [2.75, 3.05) is 0 Å². The minimum Gasteiger partial charge on any atom is -0.387 e. The number of hydrogen-bond donors (Lipinski definition) is 1. The van der Waals surface area contributed by atoms with Crippen LogP contribution < -0.4 is 0 Å². The lowest BCUT2D eigenvalue weighted by atomic mass is 10.0. The molecule has 1 aliphatic rings. The van der Waals surface area contributed by atoms with Crippen LogP contribution in [-0.2, 0) is 6.42 Å². The largest absolute Gasteiger partial charge is 0.387 e. The molecule has 0 saturated carbocycles. The summed E-state index contributed by atoms with van der Waals surface area (Å²) in [6.07, 6.45) is 4.42. The number of aromatic nitrogens is 1. The Balaban J connectivity index is 2.38. The van der Waals surface area contributed by atoms with Gasteiger partial charge in [-0.05, 0) is 36.8 Å². The zero-order valence-electron chi connectivity index (χ0n) is 7.90. The van der Waals surface area contributed by atoms with E-state index in [-0.39, 0.29) is 6.10 Å². The van der Waals surface area contributed by atoms with Crippen molar-refractivity contribution < 1.29 is 5.11 Å². The average molecular weight is 177 g/mol. The molecule has 0 saturated heterocycles. The quantitative estimate of drug-likeness (QED) is 0.615. The van der Waals surface area contributed by atoms with Crippen molar-refractivity contribution in [2.24, 2.45) is 5.92 Å². The third kappa shape index (κ3) is 1.73. The van der Waals surface area contributed by atoms with E-state index >= 15 is 0 Å². The highest BCUT2D eigenvalue weighted by molar-refractivity contribution is 5.23. The Morgan fingerprint density at radius 1 is 1.46 bits per heavy atom. The number of aliphatic hydroxyl groups is 1. The van der Waals surface area contributed by atoms with E-state index in [1.807, 2.05) is 6.07 Å². The molecular weight excluding hydrogens is 162 g/mol. The summed E-state index contributed by atoms with van der Waals surface area (Å²) >= 11 is 0. The molecular formula is C11H15NO. The highest BCUT2D eigenvalue weighted by Gasteiger charge is 2.20. The first kappa shape index (κ1) is 8.70. The predicted octanol–water partition coefficient (Wildman–Crippen LogP) is 2.09. The van der Waals surface area contributed by atoms with E-state index in [1.54, 1.807) is 6.20 Å². The Morgan fingerprint density at radius 2 is 2.31 bits per heavy atom. The van der Waals surface area contributed by atoms with E-state index in [0.29, 0.717) is 5.92 Å². The third-order valence-corrected chi connectivity index (χ3v) is 2.74. The molecule has 2 nitrogen and oxygen atoms in total. The maximum Gasteiger partial charge on any atom is 0.0962 e. The summed E-state index contributed by atoms with van der Waals surface area (Å²) in [4.78, 5) is 4.24. The van der Waals surface area contributed by atoms with Gasteiger partial charge in [0.05, 0.1) is 11.8 Å². The summed E-state index contributed by atoms with van der Waals surface area (Å²) in [6, 6.07) is 4.02. The van der Waals surface area contributed by atoms with Crippen molar-refractivity contribution in [3.8, 4) is 0 Å². The fourth-order valence-electron chi connectivity index (χ4n) is 1.98. The number of hydrogen-bond acceptors (Lipinski definition) is 2. The average Bonchev–Trinajstić information content (AvgIpc) is 2.27. The lowest BCUT2D eigenvalue weighted by Gasteiger charge is -2.08. The summed E-state index contributed by atoms with van der Waals surface area (Å²) in [5.74, 6) is 0.667. The molecule has 0 radical (unpaired) electrons. The van der Waals surface area contributed by atoms with Crippen LogP contribution in [0.25, 0.3) is 0 Å². The van der Waals surface area contributed by atoms with E-state index in [4.69, 9.17) is 0 Å². The molecule has 2 rings (SSSR count). The van der Waals surface area contributed by atoms with Gasteiger partial charge in [0.15, 0.2) is 0 Å². The number of aliphatic hydroxyl groups excluding tert-OH is 1. The van der Waals surface area contributed by atoms with Gasteiger partial charge in [-0.1, -0.05) is 13.0 Å². The molecule has 13 heavy (non-hydrogen) atoms. The first-order chi connectivity index (χ1) is 6.27. The first-order valence-electron chi connectivity index (χ1n) is 4.89. The molecule has 0 amide bonds. The van der Waals surface area contributed by atoms with Crippen LogP contribution in [0.15, 0.2) is 18.3 Å². The van der Waals surface area contributed by atoms with Crippen molar-refractivity contribution in [2.45, 2.75) is 32.3 Å². The summed E-state index contributed by atoms with van der Waals surface area (Å²) in [6.45, 7) is 2.23. The van der Waals surface area contributed by atoms with Crippen LogP contribution >= 0.6 is 0 Å². The summed E-state index contributed by atoms with van der Waals surface area (Å²) < 4.78 is 0. The minimum absolute atomic E-state index is 0.346. The maximum absolute atomic E-state index is 9.80. The molecule has 0 spiro atoms. The second-order valence-corrected chi connectivity index (χ2v) is 3.95. The highest BCUT2D eigenvalue weighted by atomic mass is 16.3. The summed E-state index contributed by atoms with van der Waals surface area (Å²) in [5, 5.41) is 9.80. The van der Waals surface area contributed by atoms with Gasteiger partial charge >= 0.3 is 0 Å². The first-order valence-corrected chi connectivity index (χ1v) is 4.89. The molecule has 0 fully saturated rings. The number of nitrogens with zero attached hydrogens (tertiary/aromatic N) is 1. The van der Waals surface area contributed by atoms with Crippen LogP contribution in [0.3, 0.4) is 0 Å². The van der Waals surface area contributed by atoms with Gasteiger partial charge in [-0.25, -0.2) is 0 Å². The van der Waals surface area contributed by atoms with Crippen LogP contribution in [-0.4, -0.2) is 10.1 Å². The minimum atomic E-state index is -0.346. The van der Waals surface area contributed by atoms with Crippen molar-refractivity contribution in [1.29, 1.82) is 0 Å². The van der Waals surface area contributed by atoms with E-state index in [1.165, 1.54) is 5.56 Å². The van der Waals surface area contributed by atoms with Crippen molar-refractivity contribution in [1.82, 2.24) is 4.98 Å². The van der Waals surface area contributed by atoms with Crippen LogP contribution in [0.2, 0.25) is 0 Å². The zero-order valence-corrected chi connectivity index (χ0v) is 7.90. The molecule has 2 heteroatoms. The zero-order chi connectivity index (χ0) is 9.26. The van der Waals surface area contributed by atoms with Crippen molar-refractivity contribution in [3.63, 3.8) is 0 Å². The van der Waals surface area contributed by atoms with E-state index in [0.717, 1.165) is 25.0 Å². The highest BCUT2D eigenvalue weighted by Crippen LogP contribution is 2.29. The van der Waals surface area contributed by atoms with Crippen LogP contribution in [0.5, 0.6) is 0 Å². The smallest absolute Gasteiger partial charge is 0.0962 e. The van der Waals surface area contributed by atoms with Crippen LogP contribution in [0, 0.1) is 5.92 Å². The molecule has 0 aromatic carbocycles. The van der Waals surface area contributed by atoms with Crippen LogP contribution in [0.1, 0.15) is 37.1 Å². The summed E-state index contributed by atoms with van der Waals surface area (Å²) in [7, 11) is 0. The lowest BCUT2D eigenvalue weighted by molar-refractivity contribution is 0.158. The molecule has 2 unspecified atom stereocenters. The molecule has 1 N–H and O–H groups in total. The van der Waals surface area contributed by atoms with Gasteiger partial charge in [0.2, 0.25) is 0 Å². The Morgan fingerprint density at radius 3 is 3.15 bits per heavy atom. The van der Waals surface area contributed by atoms with E-state index < -0.39 is 0 Å². The van der Waals surface area contributed by atoms with Crippen LogP contribution in [0.4, 0.5) is 0 Å². The Bertz CT molecular complexity index is 298. The normalized spacial score (nSPS) is 27.8. The Labute approximate surface area is 78.6 Å². The fourth-order valence-corrected chi connectivity index (χ4v) is 1.98. The molecule has 1 aromatic rings. The summed E-state index contributed by atoms with van der Waals surface area (Å²) in [5.41, 5.74) is 2.12. The molecule has 2 atom stereocenters. The van der Waals surface area contributed by atoms with Gasteiger partial charge in [-0.3, -0.25) is 4.98 Å². The number of pyridine rings is 1. The van der Waals surface area contributed by atoms with Gasteiger partial charge in [0.25, 0.3) is 0 Å². The Hall–Kier alpha value is -0.890. The second-order valence-electron chi connectivity index (χ2n) is 3.95. The van der Waals surface area contributed by atoms with Gasteiger partial charge < -0.3 is 5.11 Å². The Kier molecular flexibility index (Phi) is 2.32. The second kappa shape index (κ2) is 3.46. The van der Waals surface area contributed by atoms with E-state index in [9.17, 15) is 5.11 Å². The van der Waals surface area contributed by atoms with Gasteiger partial charge in [0.1, 0.15) is 0 Å². The van der Waals surface area contributed by atoms with Gasteiger partial charge in [0, 0.05) is 6.20 Å². The molecule has 1 aliphatic carbocycles. The van der Waals surface area contributed by atoms with E-state index in [2.05, 4.69) is 18.0 Å². The SMILES string of the molecule is CC1CCC(O)c2ncccc2C1. The topological polar surface area (TPSA) is 33.1 Å². The molecule has 1 heterocycles. The molecule has 0 aliphatic heterocycles. The maximum atomic E-state index is 9.80. The van der Waals surface area contributed by atoms with Gasteiger partial charge in [-0.15, -0.1) is 0 Å². The van der Waals surface area contributed by atoms with Crippen molar-refractivity contribution in [3.05, 3.63) is 29.6 Å². The fraction of sp³-hybridized carbons (Fsp3) is 0.545. The predicted molar refractivity (Wildman–Crippen MR) is 51.3 cm³/mol. The standard InChI is InChI=1S/C11H15NO/c1-8-4-5-10(13)11-9(7-8)3-2-6-12-11/h2-3,6,8,10,13H,4-5,7H2,1H3. The van der Waals surface area contributed by atoms with Gasteiger partial charge in [-0.2, -0.15) is 0 Å². The molecule has 1 aromatic heterocycles.